The van der Waals surface area contributed by atoms with Crippen LogP contribution in [0.5, 0.6) is 0 Å². The highest BCUT2D eigenvalue weighted by Crippen LogP contribution is 2.19. The fraction of sp³-hybridized carbons (Fsp3) is 0.300. The maximum absolute atomic E-state index is 11.8. The van der Waals surface area contributed by atoms with Crippen LogP contribution in [0.15, 0.2) is 17.8 Å². The third kappa shape index (κ3) is 2.69. The summed E-state index contributed by atoms with van der Waals surface area (Å²) in [6.07, 6.45) is 3.16. The topological polar surface area (TPSA) is 85.8 Å². The van der Waals surface area contributed by atoms with Gasteiger partial charge in [-0.05, 0) is 6.92 Å². The molecule has 1 amide bonds. The van der Waals surface area contributed by atoms with Gasteiger partial charge in [-0.1, -0.05) is 0 Å². The number of aromatic nitrogens is 3. The van der Waals surface area contributed by atoms with Crippen molar-refractivity contribution < 1.29 is 4.79 Å². The molecule has 2 aromatic heterocycles. The number of carbonyl (C=O) groups is 1. The number of rotatable bonds is 3. The summed E-state index contributed by atoms with van der Waals surface area (Å²) in [5.74, 6) is -0.219. The van der Waals surface area contributed by atoms with Gasteiger partial charge < -0.3 is 5.73 Å². The van der Waals surface area contributed by atoms with Gasteiger partial charge >= 0.3 is 0 Å². The lowest BCUT2D eigenvalue weighted by Crippen LogP contribution is -2.11. The second kappa shape index (κ2) is 4.64. The van der Waals surface area contributed by atoms with E-state index in [1.807, 2.05) is 12.3 Å². The molecule has 0 aliphatic rings. The van der Waals surface area contributed by atoms with Crippen molar-refractivity contribution in [2.45, 2.75) is 13.0 Å². The monoisotopic (exact) mass is 251 g/mol. The molecule has 2 heterocycles. The highest BCUT2D eigenvalue weighted by atomic mass is 32.1. The minimum atomic E-state index is -0.219. The van der Waals surface area contributed by atoms with Gasteiger partial charge in [-0.15, -0.1) is 11.3 Å². The van der Waals surface area contributed by atoms with Crippen LogP contribution in [0.1, 0.15) is 29.0 Å². The van der Waals surface area contributed by atoms with Crippen LogP contribution in [0.3, 0.4) is 0 Å². The molecule has 0 bridgehead atoms. The summed E-state index contributed by atoms with van der Waals surface area (Å²) in [6, 6.07) is -0.129. The molecule has 17 heavy (non-hydrogen) atoms. The van der Waals surface area contributed by atoms with Crippen LogP contribution in [0, 0.1) is 0 Å². The van der Waals surface area contributed by atoms with Gasteiger partial charge in [0.15, 0.2) is 5.13 Å². The van der Waals surface area contributed by atoms with Crippen molar-refractivity contribution in [1.82, 2.24) is 14.8 Å². The predicted octanol–water partition coefficient (Wildman–Crippen LogP) is 1.15. The SMILES string of the molecule is CC(N)c1csc(NC(=O)c2cnn(C)c2)n1. The fourth-order valence-corrected chi connectivity index (χ4v) is 2.07. The Morgan fingerprint density at radius 1 is 1.65 bits per heavy atom. The van der Waals surface area contributed by atoms with Gasteiger partial charge in [0.25, 0.3) is 5.91 Å². The van der Waals surface area contributed by atoms with E-state index < -0.39 is 0 Å². The largest absolute Gasteiger partial charge is 0.323 e. The molecule has 2 aromatic rings. The second-order valence-corrected chi connectivity index (χ2v) is 4.58. The van der Waals surface area contributed by atoms with Crippen LogP contribution in [-0.2, 0) is 7.05 Å². The molecule has 0 saturated heterocycles. The Morgan fingerprint density at radius 2 is 2.41 bits per heavy atom. The van der Waals surface area contributed by atoms with Crippen molar-refractivity contribution in [3.63, 3.8) is 0 Å². The van der Waals surface area contributed by atoms with Gasteiger partial charge in [-0.25, -0.2) is 4.98 Å². The number of nitrogens with zero attached hydrogens (tertiary/aromatic N) is 3. The number of carbonyl (C=O) groups excluding carboxylic acids is 1. The smallest absolute Gasteiger partial charge is 0.260 e. The molecule has 2 rings (SSSR count). The Labute approximate surface area is 102 Å². The first-order valence-electron chi connectivity index (χ1n) is 5.07. The average molecular weight is 251 g/mol. The van der Waals surface area contributed by atoms with Crippen molar-refractivity contribution >= 4 is 22.4 Å². The number of anilines is 1. The van der Waals surface area contributed by atoms with Gasteiger partial charge in [-0.3, -0.25) is 14.8 Å². The average Bonchev–Trinajstić information content (AvgIpc) is 2.86. The van der Waals surface area contributed by atoms with Crippen molar-refractivity contribution in [1.29, 1.82) is 0 Å². The van der Waals surface area contributed by atoms with E-state index in [-0.39, 0.29) is 11.9 Å². The Morgan fingerprint density at radius 3 is 2.94 bits per heavy atom. The zero-order valence-electron chi connectivity index (χ0n) is 9.54. The van der Waals surface area contributed by atoms with Crippen LogP contribution in [-0.4, -0.2) is 20.7 Å². The Kier molecular flexibility index (Phi) is 3.21. The minimum absolute atomic E-state index is 0.129. The van der Waals surface area contributed by atoms with Crippen molar-refractivity contribution in [3.8, 4) is 0 Å². The normalized spacial score (nSPS) is 12.4. The first kappa shape index (κ1) is 11.7. The molecular formula is C10H13N5OS. The van der Waals surface area contributed by atoms with E-state index in [0.717, 1.165) is 5.69 Å². The highest BCUT2D eigenvalue weighted by molar-refractivity contribution is 7.14. The van der Waals surface area contributed by atoms with E-state index in [0.29, 0.717) is 10.7 Å². The lowest BCUT2D eigenvalue weighted by atomic mass is 10.3. The molecule has 0 spiro atoms. The second-order valence-electron chi connectivity index (χ2n) is 3.72. The zero-order chi connectivity index (χ0) is 12.4. The number of nitrogens with two attached hydrogens (primary N) is 1. The molecule has 0 aliphatic carbocycles. The number of aryl methyl sites for hydroxylation is 1. The van der Waals surface area contributed by atoms with E-state index in [2.05, 4.69) is 15.4 Å². The molecule has 6 nitrogen and oxygen atoms in total. The van der Waals surface area contributed by atoms with Crippen LogP contribution >= 0.6 is 11.3 Å². The van der Waals surface area contributed by atoms with E-state index in [1.54, 1.807) is 17.9 Å². The van der Waals surface area contributed by atoms with Crippen molar-refractivity contribution in [2.24, 2.45) is 12.8 Å². The summed E-state index contributed by atoms with van der Waals surface area (Å²) in [7, 11) is 1.76. The van der Waals surface area contributed by atoms with Crippen molar-refractivity contribution in [2.75, 3.05) is 5.32 Å². The highest BCUT2D eigenvalue weighted by Gasteiger charge is 2.11. The molecule has 7 heteroatoms. The summed E-state index contributed by atoms with van der Waals surface area (Å²) < 4.78 is 1.57. The van der Waals surface area contributed by atoms with Crippen LogP contribution in [0.4, 0.5) is 5.13 Å². The molecule has 0 radical (unpaired) electrons. The minimum Gasteiger partial charge on any atom is -0.323 e. The summed E-state index contributed by atoms with van der Waals surface area (Å²) in [4.78, 5) is 16.0. The van der Waals surface area contributed by atoms with E-state index in [9.17, 15) is 4.79 Å². The van der Waals surface area contributed by atoms with Gasteiger partial charge in [0.2, 0.25) is 0 Å². The maximum atomic E-state index is 11.8. The zero-order valence-corrected chi connectivity index (χ0v) is 10.4. The Hall–Kier alpha value is -1.73. The Bertz CT molecular complexity index is 530. The molecule has 1 unspecified atom stereocenters. The van der Waals surface area contributed by atoms with Crippen LogP contribution in [0.2, 0.25) is 0 Å². The molecule has 0 aliphatic heterocycles. The number of hydrogen-bond acceptors (Lipinski definition) is 5. The van der Waals surface area contributed by atoms with E-state index >= 15 is 0 Å². The lowest BCUT2D eigenvalue weighted by Gasteiger charge is -1.99. The number of nitrogens with one attached hydrogen (secondary N) is 1. The molecule has 3 N–H and O–H groups in total. The quantitative estimate of drug-likeness (QED) is 0.856. The molecule has 0 fully saturated rings. The first-order valence-corrected chi connectivity index (χ1v) is 5.95. The lowest BCUT2D eigenvalue weighted by molar-refractivity contribution is 0.102. The van der Waals surface area contributed by atoms with Crippen LogP contribution < -0.4 is 11.1 Å². The Balaban J connectivity index is 2.07. The molecular weight excluding hydrogens is 238 g/mol. The summed E-state index contributed by atoms with van der Waals surface area (Å²) in [5.41, 5.74) is 6.97. The van der Waals surface area contributed by atoms with Crippen molar-refractivity contribution in [3.05, 3.63) is 29.0 Å². The fourth-order valence-electron chi connectivity index (χ4n) is 1.26. The standard InChI is InChI=1S/C10H13N5OS/c1-6(11)8-5-17-10(13-8)14-9(16)7-3-12-15(2)4-7/h3-6H,11H2,1-2H3,(H,13,14,16). The summed E-state index contributed by atoms with van der Waals surface area (Å²) >= 11 is 1.36. The third-order valence-corrected chi connectivity index (χ3v) is 2.95. The van der Waals surface area contributed by atoms with Gasteiger partial charge in [0.05, 0.1) is 17.5 Å². The number of thiazole rings is 1. The van der Waals surface area contributed by atoms with Gasteiger partial charge in [-0.2, -0.15) is 5.10 Å². The first-order chi connectivity index (χ1) is 8.06. The molecule has 1 atom stereocenters. The third-order valence-electron chi connectivity index (χ3n) is 2.18. The van der Waals surface area contributed by atoms with Crippen LogP contribution in [0.25, 0.3) is 0 Å². The molecule has 0 saturated carbocycles. The van der Waals surface area contributed by atoms with E-state index in [1.165, 1.54) is 17.5 Å². The number of hydrogen-bond donors (Lipinski definition) is 2. The maximum Gasteiger partial charge on any atom is 0.260 e. The van der Waals surface area contributed by atoms with Gasteiger partial charge in [0, 0.05) is 24.7 Å². The predicted molar refractivity (Wildman–Crippen MR) is 65.9 cm³/mol. The van der Waals surface area contributed by atoms with E-state index in [4.69, 9.17) is 5.73 Å². The molecule has 90 valence electrons. The van der Waals surface area contributed by atoms with Gasteiger partial charge in [0.1, 0.15) is 0 Å². The summed E-state index contributed by atoms with van der Waals surface area (Å²) in [6.45, 7) is 1.85. The summed E-state index contributed by atoms with van der Waals surface area (Å²) in [5, 5.41) is 9.02. The molecule has 0 aromatic carbocycles. The number of amides is 1.